The van der Waals surface area contributed by atoms with E-state index in [1.54, 1.807) is 18.2 Å². The van der Waals surface area contributed by atoms with Gasteiger partial charge >= 0.3 is 6.18 Å². The summed E-state index contributed by atoms with van der Waals surface area (Å²) in [6, 6.07) is 9.27. The molecule has 102 valence electrons. The maximum absolute atomic E-state index is 13.1. The Morgan fingerprint density at radius 3 is 2.50 bits per heavy atom. The normalized spacial score (nSPS) is 12.0. The van der Waals surface area contributed by atoms with Crippen LogP contribution in [0.25, 0.3) is 17.0 Å². The zero-order valence-corrected chi connectivity index (χ0v) is 10.7. The molecule has 3 heterocycles. The van der Waals surface area contributed by atoms with Gasteiger partial charge in [0.25, 0.3) is 0 Å². The Bertz CT molecular complexity index is 780. The van der Waals surface area contributed by atoms with Crippen molar-refractivity contribution in [3.8, 4) is 11.4 Å². The van der Waals surface area contributed by atoms with Crippen LogP contribution in [0, 0.1) is 0 Å². The fourth-order valence-electron chi connectivity index (χ4n) is 1.98. The third-order valence-corrected chi connectivity index (χ3v) is 2.97. The molecule has 7 heteroatoms. The van der Waals surface area contributed by atoms with Crippen LogP contribution in [0.15, 0.2) is 42.6 Å². The molecule has 0 aliphatic carbocycles. The Kier molecular flexibility index (Phi) is 2.90. The maximum atomic E-state index is 13.1. The van der Waals surface area contributed by atoms with Gasteiger partial charge in [0.1, 0.15) is 16.5 Å². The molecule has 0 radical (unpaired) electrons. The largest absolute Gasteiger partial charge is 0.435 e. The van der Waals surface area contributed by atoms with Gasteiger partial charge in [0.2, 0.25) is 0 Å². The highest BCUT2D eigenvalue weighted by atomic mass is 35.5. The van der Waals surface area contributed by atoms with E-state index in [1.165, 1.54) is 28.8 Å². The Labute approximate surface area is 116 Å². The summed E-state index contributed by atoms with van der Waals surface area (Å²) in [5.41, 5.74) is -0.755. The molecule has 0 aromatic carbocycles. The third kappa shape index (κ3) is 2.12. The first kappa shape index (κ1) is 12.9. The van der Waals surface area contributed by atoms with Crippen molar-refractivity contribution in [2.75, 3.05) is 0 Å². The monoisotopic (exact) mass is 297 g/mol. The van der Waals surface area contributed by atoms with Crippen molar-refractivity contribution >= 4 is 17.2 Å². The quantitative estimate of drug-likeness (QED) is 0.634. The van der Waals surface area contributed by atoms with E-state index in [2.05, 4.69) is 9.97 Å². The van der Waals surface area contributed by atoms with E-state index in [0.29, 0.717) is 0 Å². The number of alkyl halides is 3. The van der Waals surface area contributed by atoms with Crippen LogP contribution in [0.1, 0.15) is 5.69 Å². The van der Waals surface area contributed by atoms with Gasteiger partial charge in [0, 0.05) is 6.20 Å². The molecule has 0 saturated carbocycles. The van der Waals surface area contributed by atoms with Crippen molar-refractivity contribution in [1.82, 2.24) is 14.4 Å². The Morgan fingerprint density at radius 1 is 1.00 bits per heavy atom. The molecule has 0 fully saturated rings. The molecule has 20 heavy (non-hydrogen) atoms. The predicted octanol–water partition coefficient (Wildman–Crippen LogP) is 4.07. The first-order valence-corrected chi connectivity index (χ1v) is 6.02. The van der Waals surface area contributed by atoms with Crippen LogP contribution in [-0.2, 0) is 6.18 Å². The second kappa shape index (κ2) is 4.49. The van der Waals surface area contributed by atoms with Gasteiger partial charge in [-0.15, -0.1) is 0 Å². The van der Waals surface area contributed by atoms with Gasteiger partial charge in [-0.2, -0.15) is 13.2 Å². The predicted molar refractivity (Wildman–Crippen MR) is 68.4 cm³/mol. The highest BCUT2D eigenvalue weighted by molar-refractivity contribution is 6.29. The molecule has 3 aromatic rings. The van der Waals surface area contributed by atoms with Crippen molar-refractivity contribution < 1.29 is 13.2 Å². The molecule has 0 aliphatic rings. The summed E-state index contributed by atoms with van der Waals surface area (Å²) in [6.45, 7) is 0. The molecule has 0 saturated heterocycles. The van der Waals surface area contributed by atoms with Crippen molar-refractivity contribution in [2.45, 2.75) is 6.18 Å². The lowest BCUT2D eigenvalue weighted by atomic mass is 10.2. The van der Waals surface area contributed by atoms with E-state index < -0.39 is 11.9 Å². The Morgan fingerprint density at radius 2 is 1.80 bits per heavy atom. The summed E-state index contributed by atoms with van der Waals surface area (Å²) < 4.78 is 40.8. The summed E-state index contributed by atoms with van der Waals surface area (Å²) in [4.78, 5) is 7.59. The molecule has 0 amide bonds. The van der Waals surface area contributed by atoms with E-state index in [0.717, 1.165) is 0 Å². The first-order valence-electron chi connectivity index (χ1n) is 5.64. The topological polar surface area (TPSA) is 30.2 Å². The Balaban J connectivity index is 2.37. The minimum Gasteiger partial charge on any atom is -0.298 e. The Hall–Kier alpha value is -2.08. The third-order valence-electron chi connectivity index (χ3n) is 2.76. The number of fused-ring (bicyclic) bond motifs is 1. The lowest BCUT2D eigenvalue weighted by Gasteiger charge is -2.07. The zero-order valence-electron chi connectivity index (χ0n) is 9.89. The van der Waals surface area contributed by atoms with Crippen LogP contribution in [0.3, 0.4) is 0 Å². The van der Waals surface area contributed by atoms with Gasteiger partial charge in [0.15, 0.2) is 5.69 Å². The zero-order chi connectivity index (χ0) is 14.3. The molecule has 3 aromatic heterocycles. The molecule has 3 nitrogen and oxygen atoms in total. The molecule has 0 N–H and O–H groups in total. The molecular weight excluding hydrogens is 291 g/mol. The smallest absolute Gasteiger partial charge is 0.298 e. The van der Waals surface area contributed by atoms with Crippen molar-refractivity contribution in [1.29, 1.82) is 0 Å². The first-order chi connectivity index (χ1) is 9.47. The van der Waals surface area contributed by atoms with E-state index in [1.807, 2.05) is 0 Å². The molecule has 3 rings (SSSR count). The number of nitrogens with zero attached hydrogens (tertiary/aromatic N) is 3. The van der Waals surface area contributed by atoms with Gasteiger partial charge in [-0.3, -0.25) is 4.40 Å². The van der Waals surface area contributed by atoms with E-state index in [9.17, 15) is 13.2 Å². The van der Waals surface area contributed by atoms with Crippen LogP contribution >= 0.6 is 11.6 Å². The molecule has 0 atom stereocenters. The second-order valence-electron chi connectivity index (χ2n) is 4.08. The van der Waals surface area contributed by atoms with Crippen LogP contribution in [-0.4, -0.2) is 14.4 Å². The van der Waals surface area contributed by atoms with Gasteiger partial charge in [0.05, 0.1) is 5.69 Å². The number of hydrogen-bond acceptors (Lipinski definition) is 2. The SMILES string of the molecule is FC(F)(F)c1nc2ccccn2c1-c1cccc(Cl)n1. The van der Waals surface area contributed by atoms with Crippen LogP contribution in [0.2, 0.25) is 5.15 Å². The maximum Gasteiger partial charge on any atom is 0.435 e. The highest BCUT2D eigenvalue weighted by Crippen LogP contribution is 2.36. The highest BCUT2D eigenvalue weighted by Gasteiger charge is 2.38. The lowest BCUT2D eigenvalue weighted by Crippen LogP contribution is -2.08. The minimum atomic E-state index is -4.56. The van der Waals surface area contributed by atoms with Crippen molar-refractivity contribution in [2.24, 2.45) is 0 Å². The minimum absolute atomic E-state index is 0.115. The molecule has 0 bridgehead atoms. The average molecular weight is 298 g/mol. The van der Waals surface area contributed by atoms with Crippen molar-refractivity contribution in [3.05, 3.63) is 53.4 Å². The standard InChI is InChI=1S/C13H7ClF3N3/c14-9-5-3-4-8(18-9)11-12(13(15,16)17)19-10-6-1-2-7-20(10)11/h1-7H. The summed E-state index contributed by atoms with van der Waals surface area (Å²) >= 11 is 5.76. The van der Waals surface area contributed by atoms with Gasteiger partial charge in [-0.1, -0.05) is 23.7 Å². The summed E-state index contributed by atoms with van der Waals surface area (Å²) in [5, 5.41) is 0.126. The number of hydrogen-bond donors (Lipinski definition) is 0. The summed E-state index contributed by atoms with van der Waals surface area (Å²) in [6.07, 6.45) is -3.05. The number of halogens is 4. The fourth-order valence-corrected chi connectivity index (χ4v) is 2.14. The van der Waals surface area contributed by atoms with E-state index in [4.69, 9.17) is 11.6 Å². The summed E-state index contributed by atoms with van der Waals surface area (Å²) in [5.74, 6) is 0. The molecule has 0 aliphatic heterocycles. The van der Waals surface area contributed by atoms with E-state index >= 15 is 0 Å². The van der Waals surface area contributed by atoms with Gasteiger partial charge in [-0.05, 0) is 24.3 Å². The van der Waals surface area contributed by atoms with Crippen LogP contribution in [0.5, 0.6) is 0 Å². The van der Waals surface area contributed by atoms with Gasteiger partial charge in [-0.25, -0.2) is 9.97 Å². The van der Waals surface area contributed by atoms with Crippen molar-refractivity contribution in [3.63, 3.8) is 0 Å². The van der Waals surface area contributed by atoms with Crippen LogP contribution < -0.4 is 0 Å². The lowest BCUT2D eigenvalue weighted by molar-refractivity contribution is -0.140. The van der Waals surface area contributed by atoms with Gasteiger partial charge < -0.3 is 0 Å². The number of pyridine rings is 2. The number of rotatable bonds is 1. The average Bonchev–Trinajstić information content (AvgIpc) is 2.78. The van der Waals surface area contributed by atoms with E-state index in [-0.39, 0.29) is 22.2 Å². The molecule has 0 spiro atoms. The second-order valence-corrected chi connectivity index (χ2v) is 4.47. The summed E-state index contributed by atoms with van der Waals surface area (Å²) in [7, 11) is 0. The van der Waals surface area contributed by atoms with Crippen LogP contribution in [0.4, 0.5) is 13.2 Å². The molecule has 0 unspecified atom stereocenters. The molecular formula is C13H7ClF3N3. The number of imidazole rings is 1. The fraction of sp³-hybridized carbons (Fsp3) is 0.0769. The number of aromatic nitrogens is 3.